The van der Waals surface area contributed by atoms with Gasteiger partial charge in [0.05, 0.1) is 0 Å². The lowest BCUT2D eigenvalue weighted by Gasteiger charge is -2.09. The van der Waals surface area contributed by atoms with Gasteiger partial charge in [-0.3, -0.25) is 4.98 Å². The van der Waals surface area contributed by atoms with Gasteiger partial charge in [-0.25, -0.2) is 4.98 Å². The van der Waals surface area contributed by atoms with E-state index in [0.717, 1.165) is 34.3 Å². The smallest absolute Gasteiger partial charge is 0.133 e. The first-order valence-electron chi connectivity index (χ1n) is 6.51. The molecule has 4 heteroatoms. The molecule has 1 aromatic carbocycles. The lowest BCUT2D eigenvalue weighted by Crippen LogP contribution is -2.07. The molecule has 0 saturated carbocycles. The van der Waals surface area contributed by atoms with Crippen LogP contribution in [0.3, 0.4) is 0 Å². The summed E-state index contributed by atoms with van der Waals surface area (Å²) in [6.07, 6.45) is 4.53. The molecule has 2 heterocycles. The molecule has 0 saturated heterocycles. The van der Waals surface area contributed by atoms with Gasteiger partial charge in [-0.1, -0.05) is 34.1 Å². The van der Waals surface area contributed by atoms with Crippen molar-refractivity contribution in [2.75, 3.05) is 11.9 Å². The van der Waals surface area contributed by atoms with Crippen LogP contribution in [-0.4, -0.2) is 16.5 Å². The summed E-state index contributed by atoms with van der Waals surface area (Å²) in [5, 5.41) is 5.69. The Kier molecular flexibility index (Phi) is 3.92. The van der Waals surface area contributed by atoms with Gasteiger partial charge >= 0.3 is 0 Å². The van der Waals surface area contributed by atoms with Crippen LogP contribution in [0, 0.1) is 0 Å². The molecule has 3 aromatic rings. The summed E-state index contributed by atoms with van der Waals surface area (Å²) in [4.78, 5) is 8.75. The highest BCUT2D eigenvalue weighted by Gasteiger charge is 2.04. The minimum atomic E-state index is 0.815. The van der Waals surface area contributed by atoms with Gasteiger partial charge in [-0.05, 0) is 24.3 Å². The van der Waals surface area contributed by atoms with Crippen molar-refractivity contribution in [2.45, 2.75) is 6.42 Å². The molecule has 0 amide bonds. The fourth-order valence-electron chi connectivity index (χ4n) is 2.16. The number of nitrogens with one attached hydrogen (secondary N) is 1. The van der Waals surface area contributed by atoms with E-state index in [2.05, 4.69) is 37.3 Å². The Hall–Kier alpha value is -1.94. The predicted octanol–water partition coefficient (Wildman–Crippen LogP) is 4.05. The number of nitrogens with zero attached hydrogens (tertiary/aromatic N) is 2. The first-order chi connectivity index (χ1) is 9.84. The fourth-order valence-corrected chi connectivity index (χ4v) is 2.66. The van der Waals surface area contributed by atoms with E-state index in [-0.39, 0.29) is 0 Å². The van der Waals surface area contributed by atoms with Crippen molar-refractivity contribution in [3.05, 3.63) is 65.0 Å². The van der Waals surface area contributed by atoms with Crippen molar-refractivity contribution < 1.29 is 0 Å². The van der Waals surface area contributed by atoms with Crippen molar-refractivity contribution in [3.63, 3.8) is 0 Å². The van der Waals surface area contributed by atoms with Crippen LogP contribution in [0.15, 0.2) is 59.3 Å². The Morgan fingerprint density at radius 3 is 2.70 bits per heavy atom. The summed E-state index contributed by atoms with van der Waals surface area (Å²) in [7, 11) is 0. The van der Waals surface area contributed by atoms with E-state index < -0.39 is 0 Å². The Labute approximate surface area is 126 Å². The van der Waals surface area contributed by atoms with Gasteiger partial charge in [0.15, 0.2) is 0 Å². The van der Waals surface area contributed by atoms with Gasteiger partial charge in [0.25, 0.3) is 0 Å². The molecule has 2 aromatic heterocycles. The molecule has 0 aliphatic heterocycles. The van der Waals surface area contributed by atoms with Crippen molar-refractivity contribution in [1.82, 2.24) is 9.97 Å². The summed E-state index contributed by atoms with van der Waals surface area (Å²) < 4.78 is 1.09. The molecule has 20 heavy (non-hydrogen) atoms. The number of halogens is 1. The number of hydrogen-bond acceptors (Lipinski definition) is 3. The molecule has 0 spiro atoms. The van der Waals surface area contributed by atoms with Crippen LogP contribution in [0.25, 0.3) is 10.8 Å². The van der Waals surface area contributed by atoms with Crippen LogP contribution in [-0.2, 0) is 6.42 Å². The topological polar surface area (TPSA) is 37.8 Å². The van der Waals surface area contributed by atoms with E-state index in [1.807, 2.05) is 48.8 Å². The van der Waals surface area contributed by atoms with E-state index in [1.165, 1.54) is 5.39 Å². The molecule has 0 fully saturated rings. The Morgan fingerprint density at radius 2 is 1.85 bits per heavy atom. The Bertz CT molecular complexity index is 713. The lowest BCUT2D eigenvalue weighted by molar-refractivity contribution is 0.956. The maximum atomic E-state index is 4.43. The molecule has 1 N–H and O–H groups in total. The molecule has 0 atom stereocenters. The maximum Gasteiger partial charge on any atom is 0.133 e. The second-order valence-electron chi connectivity index (χ2n) is 4.49. The third kappa shape index (κ3) is 2.80. The van der Waals surface area contributed by atoms with E-state index >= 15 is 0 Å². The number of pyridine rings is 2. The van der Waals surface area contributed by atoms with Crippen molar-refractivity contribution in [3.8, 4) is 0 Å². The minimum absolute atomic E-state index is 0.815. The zero-order valence-corrected chi connectivity index (χ0v) is 12.5. The van der Waals surface area contributed by atoms with Crippen LogP contribution < -0.4 is 5.32 Å². The predicted molar refractivity (Wildman–Crippen MR) is 85.9 cm³/mol. The molecule has 0 aliphatic carbocycles. The van der Waals surface area contributed by atoms with Gasteiger partial charge in [0.2, 0.25) is 0 Å². The van der Waals surface area contributed by atoms with E-state index in [0.29, 0.717) is 0 Å². The standard InChI is InChI=1S/C16H14BrN3/c17-15-6-3-5-14-13(15)8-11-20-16(14)19-10-7-12-4-1-2-9-18-12/h1-6,8-9,11H,7,10H2,(H,19,20). The van der Waals surface area contributed by atoms with Gasteiger partial charge in [-0.2, -0.15) is 0 Å². The minimum Gasteiger partial charge on any atom is -0.369 e. The van der Waals surface area contributed by atoms with Gasteiger partial charge in [-0.15, -0.1) is 0 Å². The summed E-state index contributed by atoms with van der Waals surface area (Å²) in [5.74, 6) is 0.916. The monoisotopic (exact) mass is 327 g/mol. The van der Waals surface area contributed by atoms with Crippen LogP contribution >= 0.6 is 15.9 Å². The van der Waals surface area contributed by atoms with Crippen LogP contribution in [0.5, 0.6) is 0 Å². The number of fused-ring (bicyclic) bond motifs is 1. The number of aromatic nitrogens is 2. The first kappa shape index (κ1) is 13.1. The second kappa shape index (κ2) is 6.01. The fraction of sp³-hybridized carbons (Fsp3) is 0.125. The third-order valence-electron chi connectivity index (χ3n) is 3.15. The summed E-state index contributed by atoms with van der Waals surface area (Å²) in [6, 6.07) is 14.1. The van der Waals surface area contributed by atoms with Gasteiger partial charge in [0, 0.05) is 46.3 Å². The third-order valence-corrected chi connectivity index (χ3v) is 3.84. The maximum absolute atomic E-state index is 4.43. The molecule has 3 rings (SSSR count). The molecule has 0 unspecified atom stereocenters. The zero-order chi connectivity index (χ0) is 13.8. The van der Waals surface area contributed by atoms with Gasteiger partial charge < -0.3 is 5.32 Å². The molecule has 3 nitrogen and oxygen atoms in total. The quantitative estimate of drug-likeness (QED) is 0.785. The molecule has 0 aliphatic rings. The average molecular weight is 328 g/mol. The Morgan fingerprint density at radius 1 is 0.900 bits per heavy atom. The zero-order valence-electron chi connectivity index (χ0n) is 10.9. The molecular formula is C16H14BrN3. The van der Waals surface area contributed by atoms with Gasteiger partial charge in [0.1, 0.15) is 5.82 Å². The highest BCUT2D eigenvalue weighted by Crippen LogP contribution is 2.27. The highest BCUT2D eigenvalue weighted by atomic mass is 79.9. The lowest BCUT2D eigenvalue weighted by atomic mass is 10.1. The molecule has 0 bridgehead atoms. The number of rotatable bonds is 4. The number of hydrogen-bond donors (Lipinski definition) is 1. The van der Waals surface area contributed by atoms with E-state index in [9.17, 15) is 0 Å². The van der Waals surface area contributed by atoms with Crippen LogP contribution in [0.2, 0.25) is 0 Å². The van der Waals surface area contributed by atoms with E-state index in [1.54, 1.807) is 0 Å². The van der Waals surface area contributed by atoms with Crippen LogP contribution in [0.4, 0.5) is 5.82 Å². The van der Waals surface area contributed by atoms with Crippen molar-refractivity contribution in [1.29, 1.82) is 0 Å². The summed E-state index contributed by atoms with van der Waals surface area (Å²) in [5.41, 5.74) is 1.08. The SMILES string of the molecule is Brc1cccc2c(NCCc3ccccn3)nccc12. The number of benzene rings is 1. The Balaban J connectivity index is 1.76. The normalized spacial score (nSPS) is 10.7. The summed E-state index contributed by atoms with van der Waals surface area (Å²) in [6.45, 7) is 0.815. The largest absolute Gasteiger partial charge is 0.369 e. The average Bonchev–Trinajstić information content (AvgIpc) is 2.49. The number of anilines is 1. The molecule has 0 radical (unpaired) electrons. The first-order valence-corrected chi connectivity index (χ1v) is 7.31. The molecule has 100 valence electrons. The van der Waals surface area contributed by atoms with Crippen molar-refractivity contribution >= 4 is 32.5 Å². The summed E-state index contributed by atoms with van der Waals surface area (Å²) >= 11 is 3.57. The van der Waals surface area contributed by atoms with Crippen molar-refractivity contribution in [2.24, 2.45) is 0 Å². The van der Waals surface area contributed by atoms with E-state index in [4.69, 9.17) is 0 Å². The second-order valence-corrected chi connectivity index (χ2v) is 5.35. The molecular weight excluding hydrogens is 314 g/mol. The van der Waals surface area contributed by atoms with Crippen LogP contribution in [0.1, 0.15) is 5.69 Å². The highest BCUT2D eigenvalue weighted by molar-refractivity contribution is 9.10.